The molecule has 1 aromatic rings. The van der Waals surface area contributed by atoms with Gasteiger partial charge in [-0.3, -0.25) is 4.72 Å². The van der Waals surface area contributed by atoms with E-state index in [1.807, 2.05) is 6.92 Å². The molecule has 0 spiro atoms. The van der Waals surface area contributed by atoms with Gasteiger partial charge in [-0.15, -0.1) is 12.4 Å². The van der Waals surface area contributed by atoms with Crippen LogP contribution < -0.4 is 19.5 Å². The molecule has 1 aliphatic heterocycles. The van der Waals surface area contributed by atoms with Gasteiger partial charge in [-0.1, -0.05) is 6.92 Å². The van der Waals surface area contributed by atoms with E-state index in [0.29, 0.717) is 6.54 Å². The highest BCUT2D eigenvalue weighted by Gasteiger charge is 2.28. The molecule has 1 aliphatic rings. The van der Waals surface area contributed by atoms with Crippen molar-refractivity contribution in [2.75, 3.05) is 30.7 Å². The molecule has 0 amide bonds. The number of hydrogen-bond acceptors (Lipinski definition) is 6. The Hall–Kier alpha value is -1.07. The van der Waals surface area contributed by atoms with E-state index < -0.39 is 20.0 Å². The molecule has 0 saturated carbocycles. The highest BCUT2D eigenvalue weighted by molar-refractivity contribution is 7.92. The number of sulfonamides is 2. The van der Waals surface area contributed by atoms with E-state index in [2.05, 4.69) is 14.8 Å². The van der Waals surface area contributed by atoms with Gasteiger partial charge in [0.1, 0.15) is 10.6 Å². The number of methoxy groups -OCH3 is 1. The zero-order valence-electron chi connectivity index (χ0n) is 15.0. The van der Waals surface area contributed by atoms with Crippen LogP contribution in [0.2, 0.25) is 0 Å². The molecule has 2 unspecified atom stereocenters. The number of ether oxygens (including phenoxy) is 1. The minimum atomic E-state index is -3.79. The van der Waals surface area contributed by atoms with Crippen molar-refractivity contribution >= 4 is 38.1 Å². The Balaban J connectivity index is 0.00000338. The number of rotatable bonds is 7. The normalized spacial score (nSPS) is 20.9. The number of anilines is 1. The van der Waals surface area contributed by atoms with Crippen LogP contribution in [0, 0.1) is 5.92 Å². The van der Waals surface area contributed by atoms with Crippen molar-refractivity contribution in [1.29, 1.82) is 0 Å². The second kappa shape index (κ2) is 9.23. The molecule has 150 valence electrons. The summed E-state index contributed by atoms with van der Waals surface area (Å²) in [5, 5.41) is 3.17. The molecule has 1 fully saturated rings. The largest absolute Gasteiger partial charge is 0.495 e. The predicted octanol–water partition coefficient (Wildman–Crippen LogP) is 1.15. The fraction of sp³-hybridized carbons (Fsp3) is 0.600. The van der Waals surface area contributed by atoms with Gasteiger partial charge in [-0.2, -0.15) is 0 Å². The standard InChI is InChI=1S/C15H25N3O5S2.ClH/c1-4-24(19,20)17-12-5-6-15(14(9-12)23-3)25(21,22)18-13-10-16-8-7-11(13)2;/h5-6,9,11,13,16-18H,4,7-8,10H2,1-3H3;1H. The molecule has 8 nitrogen and oxygen atoms in total. The minimum Gasteiger partial charge on any atom is -0.495 e. The van der Waals surface area contributed by atoms with Crippen LogP contribution in [0.3, 0.4) is 0 Å². The summed E-state index contributed by atoms with van der Waals surface area (Å²) >= 11 is 0. The lowest BCUT2D eigenvalue weighted by molar-refractivity contribution is 0.326. The van der Waals surface area contributed by atoms with E-state index in [1.54, 1.807) is 0 Å². The van der Waals surface area contributed by atoms with Crippen molar-refractivity contribution in [3.63, 3.8) is 0 Å². The van der Waals surface area contributed by atoms with Crippen LogP contribution in [0.25, 0.3) is 0 Å². The van der Waals surface area contributed by atoms with E-state index in [0.717, 1.165) is 13.0 Å². The first kappa shape index (κ1) is 23.0. The van der Waals surface area contributed by atoms with Crippen molar-refractivity contribution in [3.8, 4) is 5.75 Å². The molecular formula is C15H26ClN3O5S2. The average molecular weight is 428 g/mol. The van der Waals surface area contributed by atoms with E-state index in [4.69, 9.17) is 4.74 Å². The molecule has 0 aromatic heterocycles. The van der Waals surface area contributed by atoms with Crippen LogP contribution in [0.5, 0.6) is 5.75 Å². The lowest BCUT2D eigenvalue weighted by Crippen LogP contribution is -2.50. The molecule has 0 aliphatic carbocycles. The first-order chi connectivity index (χ1) is 11.7. The summed E-state index contributed by atoms with van der Waals surface area (Å²) in [6.45, 7) is 4.96. The van der Waals surface area contributed by atoms with Gasteiger partial charge >= 0.3 is 0 Å². The maximum absolute atomic E-state index is 12.7. The predicted molar refractivity (Wildman–Crippen MR) is 104 cm³/mol. The number of piperidine rings is 1. The van der Waals surface area contributed by atoms with Crippen molar-refractivity contribution < 1.29 is 21.6 Å². The van der Waals surface area contributed by atoms with Gasteiger partial charge in [0.25, 0.3) is 0 Å². The van der Waals surface area contributed by atoms with Crippen molar-refractivity contribution in [3.05, 3.63) is 18.2 Å². The summed E-state index contributed by atoms with van der Waals surface area (Å²) in [7, 11) is -5.90. The molecule has 1 aromatic carbocycles. The zero-order chi connectivity index (χ0) is 18.7. The zero-order valence-corrected chi connectivity index (χ0v) is 17.4. The van der Waals surface area contributed by atoms with Gasteiger partial charge in [-0.05, 0) is 37.9 Å². The summed E-state index contributed by atoms with van der Waals surface area (Å²) in [5.74, 6) is 0.224. The molecule has 3 N–H and O–H groups in total. The van der Waals surface area contributed by atoms with Crippen LogP contribution in [-0.2, 0) is 20.0 Å². The Morgan fingerprint density at radius 3 is 2.54 bits per heavy atom. The smallest absolute Gasteiger partial charge is 0.244 e. The second-order valence-electron chi connectivity index (χ2n) is 6.07. The van der Waals surface area contributed by atoms with E-state index in [-0.39, 0.29) is 46.5 Å². The van der Waals surface area contributed by atoms with Gasteiger partial charge in [0.2, 0.25) is 20.0 Å². The quantitative estimate of drug-likeness (QED) is 0.601. The molecule has 2 atom stereocenters. The van der Waals surface area contributed by atoms with Gasteiger partial charge < -0.3 is 10.1 Å². The van der Waals surface area contributed by atoms with Crippen LogP contribution in [0.1, 0.15) is 20.3 Å². The monoisotopic (exact) mass is 427 g/mol. The van der Waals surface area contributed by atoms with Gasteiger partial charge in [0.05, 0.1) is 18.6 Å². The first-order valence-corrected chi connectivity index (χ1v) is 11.2. The highest BCUT2D eigenvalue weighted by Crippen LogP contribution is 2.28. The van der Waals surface area contributed by atoms with Gasteiger partial charge in [-0.25, -0.2) is 21.6 Å². The molecular weight excluding hydrogens is 402 g/mol. The third-order valence-electron chi connectivity index (χ3n) is 4.24. The van der Waals surface area contributed by atoms with Crippen molar-refractivity contribution in [1.82, 2.24) is 10.0 Å². The molecule has 1 heterocycles. The first-order valence-electron chi connectivity index (χ1n) is 8.10. The van der Waals surface area contributed by atoms with Crippen LogP contribution in [0.15, 0.2) is 23.1 Å². The third kappa shape index (κ3) is 5.71. The number of nitrogens with one attached hydrogen (secondary N) is 3. The molecule has 0 radical (unpaired) electrons. The summed E-state index contributed by atoms with van der Waals surface area (Å²) in [6.07, 6.45) is 0.891. The van der Waals surface area contributed by atoms with Crippen molar-refractivity contribution in [2.24, 2.45) is 5.92 Å². The lowest BCUT2D eigenvalue weighted by Gasteiger charge is -2.30. The Morgan fingerprint density at radius 2 is 1.96 bits per heavy atom. The van der Waals surface area contributed by atoms with E-state index >= 15 is 0 Å². The van der Waals surface area contributed by atoms with Crippen molar-refractivity contribution in [2.45, 2.75) is 31.2 Å². The molecule has 26 heavy (non-hydrogen) atoms. The average Bonchev–Trinajstić information content (AvgIpc) is 2.56. The van der Waals surface area contributed by atoms with Crippen LogP contribution >= 0.6 is 12.4 Å². The maximum Gasteiger partial charge on any atom is 0.244 e. The second-order valence-corrected chi connectivity index (χ2v) is 9.76. The highest BCUT2D eigenvalue weighted by atomic mass is 35.5. The Bertz CT molecular complexity index is 815. The summed E-state index contributed by atoms with van der Waals surface area (Å²) in [4.78, 5) is -0.0211. The van der Waals surface area contributed by atoms with Gasteiger partial charge in [0, 0.05) is 18.7 Å². The summed E-state index contributed by atoms with van der Waals surface area (Å²) in [5.41, 5.74) is 0.255. The maximum atomic E-state index is 12.7. The molecule has 2 rings (SSSR count). The summed E-state index contributed by atoms with van der Waals surface area (Å²) < 4.78 is 59.0. The van der Waals surface area contributed by atoms with E-state index in [1.165, 1.54) is 32.2 Å². The molecule has 11 heteroatoms. The fourth-order valence-electron chi connectivity index (χ4n) is 2.62. The minimum absolute atomic E-state index is 0. The lowest BCUT2D eigenvalue weighted by atomic mass is 9.96. The molecule has 0 bridgehead atoms. The van der Waals surface area contributed by atoms with Crippen LogP contribution in [-0.4, -0.2) is 48.8 Å². The topological polar surface area (TPSA) is 114 Å². The van der Waals surface area contributed by atoms with E-state index in [9.17, 15) is 16.8 Å². The third-order valence-corrected chi connectivity index (χ3v) is 7.08. The Kier molecular flexibility index (Phi) is 8.15. The SMILES string of the molecule is CCS(=O)(=O)Nc1ccc(S(=O)(=O)NC2CNCCC2C)c(OC)c1.Cl. The number of hydrogen-bond donors (Lipinski definition) is 3. The Morgan fingerprint density at radius 1 is 1.27 bits per heavy atom. The molecule has 1 saturated heterocycles. The van der Waals surface area contributed by atoms with Gasteiger partial charge in [0.15, 0.2) is 0 Å². The number of benzene rings is 1. The fourth-order valence-corrected chi connectivity index (χ4v) is 4.74. The Labute approximate surface area is 161 Å². The van der Waals surface area contributed by atoms with Crippen LogP contribution in [0.4, 0.5) is 5.69 Å². The number of halogens is 1. The summed E-state index contributed by atoms with van der Waals surface area (Å²) in [6, 6.07) is 3.91.